The topological polar surface area (TPSA) is 35.2 Å². The first-order valence-corrected chi connectivity index (χ1v) is 5.95. The molecule has 2 aliphatic heterocycles. The van der Waals surface area contributed by atoms with Gasteiger partial charge in [-0.25, -0.2) is 8.78 Å². The molecule has 0 aromatic heterocycles. The van der Waals surface area contributed by atoms with E-state index in [9.17, 15) is 8.78 Å². The van der Waals surface area contributed by atoms with Crippen molar-refractivity contribution in [3.8, 4) is 0 Å². The molecule has 2 nitrogen and oxygen atoms in total. The number of benzene rings is 1. The normalized spacial score (nSPS) is 35.5. The van der Waals surface area contributed by atoms with E-state index in [-0.39, 0.29) is 12.2 Å². The van der Waals surface area contributed by atoms with Gasteiger partial charge in [0.1, 0.15) is 0 Å². The monoisotopic (exact) mass is 239 g/mol. The Morgan fingerprint density at radius 1 is 1.29 bits per heavy atom. The van der Waals surface area contributed by atoms with Crippen LogP contribution >= 0.6 is 0 Å². The number of fused-ring (bicyclic) bond motifs is 2. The highest BCUT2D eigenvalue weighted by Gasteiger charge is 2.49. The Hall–Kier alpha value is -1.00. The smallest absolute Gasteiger partial charge is 0.159 e. The molecule has 4 heteroatoms. The second kappa shape index (κ2) is 3.75. The van der Waals surface area contributed by atoms with E-state index in [0.717, 1.165) is 30.9 Å². The summed E-state index contributed by atoms with van der Waals surface area (Å²) in [6, 6.07) is 3.98. The molecule has 0 amide bonds. The highest BCUT2D eigenvalue weighted by molar-refractivity contribution is 5.22. The van der Waals surface area contributed by atoms with Crippen molar-refractivity contribution in [1.29, 1.82) is 0 Å². The summed E-state index contributed by atoms with van der Waals surface area (Å²) >= 11 is 0. The Labute approximate surface area is 98.8 Å². The van der Waals surface area contributed by atoms with E-state index in [2.05, 4.69) is 0 Å². The van der Waals surface area contributed by atoms with Crippen molar-refractivity contribution < 1.29 is 13.5 Å². The summed E-state index contributed by atoms with van der Waals surface area (Å²) in [5.41, 5.74) is 6.65. The van der Waals surface area contributed by atoms with Gasteiger partial charge in [0.2, 0.25) is 0 Å². The van der Waals surface area contributed by atoms with Gasteiger partial charge in [0, 0.05) is 5.54 Å². The maximum atomic E-state index is 13.1. The highest BCUT2D eigenvalue weighted by atomic mass is 19.2. The highest BCUT2D eigenvalue weighted by Crippen LogP contribution is 2.41. The molecule has 17 heavy (non-hydrogen) atoms. The second-order valence-electron chi connectivity index (χ2n) is 5.19. The lowest BCUT2D eigenvalue weighted by Crippen LogP contribution is -2.50. The first kappa shape index (κ1) is 11.1. The lowest BCUT2D eigenvalue weighted by molar-refractivity contribution is 0.0856. The number of hydrogen-bond donors (Lipinski definition) is 1. The maximum absolute atomic E-state index is 13.1. The Morgan fingerprint density at radius 2 is 2.12 bits per heavy atom. The number of nitrogens with two attached hydrogens (primary N) is 1. The van der Waals surface area contributed by atoms with Crippen molar-refractivity contribution >= 4 is 0 Å². The van der Waals surface area contributed by atoms with Crippen molar-refractivity contribution in [1.82, 2.24) is 0 Å². The van der Waals surface area contributed by atoms with Crippen molar-refractivity contribution in [2.45, 2.75) is 43.4 Å². The molecule has 2 fully saturated rings. The zero-order valence-corrected chi connectivity index (χ0v) is 9.46. The molecule has 0 radical (unpaired) electrons. The Morgan fingerprint density at radius 3 is 2.71 bits per heavy atom. The maximum Gasteiger partial charge on any atom is 0.159 e. The molecule has 0 saturated carbocycles. The quantitative estimate of drug-likeness (QED) is 0.858. The Kier molecular flexibility index (Phi) is 2.45. The molecule has 0 spiro atoms. The minimum atomic E-state index is -0.816. The van der Waals surface area contributed by atoms with Gasteiger partial charge in [-0.15, -0.1) is 0 Å². The molecule has 3 atom stereocenters. The summed E-state index contributed by atoms with van der Waals surface area (Å²) in [6.07, 6.45) is 3.74. The second-order valence-corrected chi connectivity index (χ2v) is 5.19. The van der Waals surface area contributed by atoms with Crippen molar-refractivity contribution in [2.75, 3.05) is 0 Å². The molecule has 2 N–H and O–H groups in total. The zero-order valence-electron chi connectivity index (χ0n) is 9.46. The standard InChI is InChI=1S/C13H15F2NO/c14-10-3-1-8(5-11(10)15)6-13(16)7-9-2-4-12(13)17-9/h1,3,5,9,12H,2,4,6-7,16H2. The molecule has 3 unspecified atom stereocenters. The summed E-state index contributed by atoms with van der Waals surface area (Å²) in [5.74, 6) is -1.63. The first-order valence-electron chi connectivity index (χ1n) is 5.95. The van der Waals surface area contributed by atoms with Crippen LogP contribution in [-0.4, -0.2) is 17.7 Å². The van der Waals surface area contributed by atoms with Crippen molar-refractivity contribution in [2.24, 2.45) is 5.73 Å². The van der Waals surface area contributed by atoms with Crippen LogP contribution < -0.4 is 5.73 Å². The average molecular weight is 239 g/mol. The molecule has 1 aromatic carbocycles. The van der Waals surface area contributed by atoms with Crippen LogP contribution in [-0.2, 0) is 11.2 Å². The van der Waals surface area contributed by atoms with E-state index < -0.39 is 17.2 Å². The van der Waals surface area contributed by atoms with Gasteiger partial charge in [0.15, 0.2) is 11.6 Å². The predicted octanol–water partition coefficient (Wildman–Crippen LogP) is 2.16. The largest absolute Gasteiger partial charge is 0.373 e. The van der Waals surface area contributed by atoms with Gasteiger partial charge >= 0.3 is 0 Å². The Balaban J connectivity index is 1.80. The molecule has 2 saturated heterocycles. The fraction of sp³-hybridized carbons (Fsp3) is 0.538. The van der Waals surface area contributed by atoms with E-state index in [1.807, 2.05) is 0 Å². The lowest BCUT2D eigenvalue weighted by atomic mass is 9.78. The number of rotatable bonds is 2. The fourth-order valence-electron chi connectivity index (χ4n) is 3.05. The van der Waals surface area contributed by atoms with Crippen LogP contribution in [0.5, 0.6) is 0 Å². The lowest BCUT2D eigenvalue weighted by Gasteiger charge is -2.31. The molecule has 3 rings (SSSR count). The van der Waals surface area contributed by atoms with Crippen LogP contribution in [0.4, 0.5) is 8.78 Å². The van der Waals surface area contributed by atoms with Crippen molar-refractivity contribution in [3.05, 3.63) is 35.4 Å². The summed E-state index contributed by atoms with van der Waals surface area (Å²) in [4.78, 5) is 0. The zero-order chi connectivity index (χ0) is 12.0. The minimum absolute atomic E-state index is 0.0700. The third-order valence-corrected chi connectivity index (χ3v) is 3.87. The number of ether oxygens (including phenoxy) is 1. The van der Waals surface area contributed by atoms with Crippen LogP contribution in [0, 0.1) is 11.6 Å². The molecular weight excluding hydrogens is 224 g/mol. The van der Waals surface area contributed by atoms with Gasteiger partial charge in [-0.05, 0) is 43.4 Å². The molecule has 92 valence electrons. The van der Waals surface area contributed by atoms with E-state index in [1.165, 1.54) is 6.07 Å². The number of hydrogen-bond acceptors (Lipinski definition) is 2. The fourth-order valence-corrected chi connectivity index (χ4v) is 3.05. The molecule has 1 aromatic rings. The van der Waals surface area contributed by atoms with E-state index in [1.54, 1.807) is 6.07 Å². The van der Waals surface area contributed by atoms with Gasteiger partial charge < -0.3 is 10.5 Å². The Bertz CT molecular complexity index is 451. The van der Waals surface area contributed by atoms with Gasteiger partial charge in [-0.2, -0.15) is 0 Å². The SMILES string of the molecule is NC1(Cc2ccc(F)c(F)c2)CC2CCC1O2. The molecule has 2 bridgehead atoms. The third kappa shape index (κ3) is 1.85. The predicted molar refractivity (Wildman–Crippen MR) is 59.5 cm³/mol. The first-order chi connectivity index (χ1) is 8.07. The summed E-state index contributed by atoms with van der Waals surface area (Å²) in [5, 5.41) is 0. The van der Waals surface area contributed by atoms with Crippen LogP contribution in [0.1, 0.15) is 24.8 Å². The van der Waals surface area contributed by atoms with Gasteiger partial charge in [0.25, 0.3) is 0 Å². The van der Waals surface area contributed by atoms with E-state index >= 15 is 0 Å². The molecular formula is C13H15F2NO. The van der Waals surface area contributed by atoms with E-state index in [4.69, 9.17) is 10.5 Å². The van der Waals surface area contributed by atoms with Gasteiger partial charge in [0.05, 0.1) is 12.2 Å². The minimum Gasteiger partial charge on any atom is -0.373 e. The van der Waals surface area contributed by atoms with Crippen LogP contribution in [0.15, 0.2) is 18.2 Å². The molecule has 2 aliphatic rings. The van der Waals surface area contributed by atoms with Crippen LogP contribution in [0.2, 0.25) is 0 Å². The number of halogens is 2. The third-order valence-electron chi connectivity index (χ3n) is 3.87. The van der Waals surface area contributed by atoms with Crippen LogP contribution in [0.25, 0.3) is 0 Å². The van der Waals surface area contributed by atoms with Crippen LogP contribution in [0.3, 0.4) is 0 Å². The van der Waals surface area contributed by atoms with E-state index in [0.29, 0.717) is 6.42 Å². The van der Waals surface area contributed by atoms with Crippen molar-refractivity contribution in [3.63, 3.8) is 0 Å². The van der Waals surface area contributed by atoms with Gasteiger partial charge in [-0.1, -0.05) is 6.07 Å². The summed E-state index contributed by atoms with van der Waals surface area (Å²) in [6.45, 7) is 0. The summed E-state index contributed by atoms with van der Waals surface area (Å²) in [7, 11) is 0. The van der Waals surface area contributed by atoms with Gasteiger partial charge in [-0.3, -0.25) is 0 Å². The molecule has 2 heterocycles. The summed E-state index contributed by atoms with van der Waals surface area (Å²) < 4.78 is 31.7. The molecule has 0 aliphatic carbocycles. The average Bonchev–Trinajstić information content (AvgIpc) is 2.83.